The molecule has 3 N–H and O–H groups in total. The summed E-state index contributed by atoms with van der Waals surface area (Å²) in [6.45, 7) is 6.32. The van der Waals surface area contributed by atoms with Crippen molar-refractivity contribution in [2.45, 2.75) is 107 Å². The minimum atomic E-state index is -4.34. The second-order valence-corrected chi connectivity index (χ2v) is 17.9. The van der Waals surface area contributed by atoms with Crippen molar-refractivity contribution in [1.82, 2.24) is 25.2 Å². The Morgan fingerprint density at radius 2 is 1.91 bits per heavy atom. The van der Waals surface area contributed by atoms with E-state index in [0.29, 0.717) is 11.1 Å². The molecule has 4 atom stereocenters. The summed E-state index contributed by atoms with van der Waals surface area (Å²) < 4.78 is 53.5. The molecule has 54 heavy (non-hydrogen) atoms. The van der Waals surface area contributed by atoms with E-state index in [1.165, 1.54) is 22.4 Å². The van der Waals surface area contributed by atoms with Crippen LogP contribution in [-0.4, -0.2) is 84.5 Å². The van der Waals surface area contributed by atoms with E-state index in [-0.39, 0.29) is 41.7 Å². The number of unbranched alkanes of at least 4 members (excludes halogenated alkanes) is 3. The number of allylic oxidation sites excluding steroid dienone is 1. The Morgan fingerprint density at radius 1 is 1.15 bits per heavy atom. The molecule has 2 aromatic rings. The molecule has 0 spiro atoms. The maximum Gasteiger partial charge on any atom is 0.410 e. The van der Waals surface area contributed by atoms with Crippen molar-refractivity contribution in [1.29, 1.82) is 0 Å². The van der Waals surface area contributed by atoms with E-state index in [0.717, 1.165) is 41.9 Å². The molecule has 3 heterocycles. The topological polar surface area (TPSA) is 181 Å². The van der Waals surface area contributed by atoms with Crippen molar-refractivity contribution in [2.24, 2.45) is 5.92 Å². The van der Waals surface area contributed by atoms with Crippen LogP contribution < -0.4 is 15.4 Å². The number of likely N-dealkylation sites (tertiary alicyclic amines) is 1. The van der Waals surface area contributed by atoms with Gasteiger partial charge in [0.1, 0.15) is 39.9 Å². The molecule has 294 valence electrons. The highest BCUT2D eigenvalue weighted by molar-refractivity contribution is 7.92. The second-order valence-electron chi connectivity index (χ2n) is 14.6. The normalized spacial score (nSPS) is 22.1. The highest BCUT2D eigenvalue weighted by Crippen LogP contribution is 2.46. The van der Waals surface area contributed by atoms with E-state index in [9.17, 15) is 36.8 Å². The molecule has 2 aliphatic heterocycles. The lowest BCUT2D eigenvalue weighted by molar-refractivity contribution is -0.139. The quantitative estimate of drug-likeness (QED) is 0.185. The van der Waals surface area contributed by atoms with Crippen LogP contribution in [0.2, 0.25) is 5.02 Å². The van der Waals surface area contributed by atoms with Crippen LogP contribution in [0.3, 0.4) is 0 Å². The molecule has 5 rings (SSSR count). The number of hydrogen-bond acceptors (Lipinski definition) is 10. The summed E-state index contributed by atoms with van der Waals surface area (Å²) in [6, 6.07) is 4.48. The Labute approximate surface area is 322 Å². The predicted molar refractivity (Wildman–Crippen MR) is 197 cm³/mol. The molecule has 5 amide bonds. The van der Waals surface area contributed by atoms with Crippen molar-refractivity contribution in [3.8, 4) is 0 Å². The van der Waals surface area contributed by atoms with Gasteiger partial charge in [-0.15, -0.1) is 11.3 Å². The molecule has 1 aromatic carbocycles. The zero-order chi connectivity index (χ0) is 39.4. The fourth-order valence-electron chi connectivity index (χ4n) is 6.45. The number of ether oxygens (including phenoxy) is 2. The SMILES string of the molecule is CCCCC/C=C\[C@@H]1C[C@]1(NC(=O)[C@@H]1C[C@@H](OC(=O)N2Cc3cccc(F)c3C2)CN1C(=O)CNC(=O)OC(C)(C)C)C(=O)NS(=O)(=O)c1cc(Cl)cs1. The van der Waals surface area contributed by atoms with Crippen molar-refractivity contribution in [2.75, 3.05) is 13.1 Å². The average Bonchev–Trinajstić information content (AvgIpc) is 3.46. The average molecular weight is 810 g/mol. The van der Waals surface area contributed by atoms with Crippen LogP contribution in [0, 0.1) is 11.7 Å². The number of nitrogens with one attached hydrogen (secondary N) is 3. The first kappa shape index (κ1) is 41.0. The number of amides is 5. The summed E-state index contributed by atoms with van der Waals surface area (Å²) in [4.78, 5) is 69.5. The zero-order valence-electron chi connectivity index (χ0n) is 30.5. The number of rotatable bonds is 13. The lowest BCUT2D eigenvalue weighted by Crippen LogP contribution is -2.57. The van der Waals surface area contributed by atoms with Gasteiger partial charge in [0.15, 0.2) is 0 Å². The first-order valence-electron chi connectivity index (χ1n) is 17.7. The van der Waals surface area contributed by atoms with E-state index in [1.54, 1.807) is 39.0 Å². The minimum Gasteiger partial charge on any atom is -0.444 e. The molecule has 14 nitrogen and oxygen atoms in total. The Bertz CT molecular complexity index is 1920. The van der Waals surface area contributed by atoms with Gasteiger partial charge in [0, 0.05) is 29.8 Å². The molecule has 2 fully saturated rings. The van der Waals surface area contributed by atoms with Crippen molar-refractivity contribution >= 4 is 62.9 Å². The van der Waals surface area contributed by atoms with E-state index in [4.69, 9.17) is 21.1 Å². The van der Waals surface area contributed by atoms with Gasteiger partial charge in [0.25, 0.3) is 15.9 Å². The van der Waals surface area contributed by atoms with Gasteiger partial charge in [-0.2, -0.15) is 0 Å². The predicted octanol–water partition coefficient (Wildman–Crippen LogP) is 5.00. The summed E-state index contributed by atoms with van der Waals surface area (Å²) in [5.41, 5.74) is -1.51. The number of halogens is 2. The monoisotopic (exact) mass is 809 g/mol. The Morgan fingerprint density at radius 3 is 2.57 bits per heavy atom. The fraction of sp³-hybridized carbons (Fsp3) is 0.528. The number of nitrogens with zero attached hydrogens (tertiary/aromatic N) is 2. The number of alkyl carbamates (subject to hydrolysis) is 1. The fourth-order valence-corrected chi connectivity index (χ4v) is 8.90. The molecule has 0 unspecified atom stereocenters. The minimum absolute atomic E-state index is 0.0223. The molecule has 3 aliphatic rings. The van der Waals surface area contributed by atoms with E-state index >= 15 is 0 Å². The highest BCUT2D eigenvalue weighted by Gasteiger charge is 2.61. The Hall–Kier alpha value is -4.22. The molecule has 1 saturated carbocycles. The maximum atomic E-state index is 14.4. The summed E-state index contributed by atoms with van der Waals surface area (Å²) in [5.74, 6) is -3.46. The summed E-state index contributed by atoms with van der Waals surface area (Å²) >= 11 is 6.76. The smallest absolute Gasteiger partial charge is 0.410 e. The summed E-state index contributed by atoms with van der Waals surface area (Å²) in [5, 5.41) is 6.69. The molecular weight excluding hydrogens is 765 g/mol. The van der Waals surface area contributed by atoms with Gasteiger partial charge in [-0.05, 0) is 57.7 Å². The van der Waals surface area contributed by atoms with Crippen LogP contribution in [0.25, 0.3) is 0 Å². The maximum absolute atomic E-state index is 14.4. The number of thiophene rings is 1. The van der Waals surface area contributed by atoms with Crippen molar-refractivity contribution in [3.63, 3.8) is 0 Å². The molecule has 1 aliphatic carbocycles. The van der Waals surface area contributed by atoms with E-state index in [2.05, 4.69) is 22.3 Å². The molecule has 1 saturated heterocycles. The first-order valence-corrected chi connectivity index (χ1v) is 20.4. The summed E-state index contributed by atoms with van der Waals surface area (Å²) in [7, 11) is -4.34. The third kappa shape index (κ3) is 9.90. The van der Waals surface area contributed by atoms with Crippen LogP contribution >= 0.6 is 22.9 Å². The van der Waals surface area contributed by atoms with Gasteiger partial charge in [0.2, 0.25) is 11.8 Å². The molecule has 0 radical (unpaired) electrons. The number of benzene rings is 1. The van der Waals surface area contributed by atoms with Gasteiger partial charge < -0.3 is 25.0 Å². The zero-order valence-corrected chi connectivity index (χ0v) is 32.9. The standard InChI is InChI=1S/C36H45ClFN5O9S2/c1-5-6-7-8-9-12-23-16-36(23,32(46)41-54(49,50)30-14-24(37)21-53-30)40-31(45)28-15-25(19-43(28)29(44)17-39-33(47)52-35(2,3)4)51-34(48)42-18-22-11-10-13-27(38)26(22)20-42/h9-14,21,23,25,28H,5-8,15-20H2,1-4H3,(H,39,47)(H,40,45)(H,41,46)/b12-9-/t23-,25-,28+,36-/m1/s1. The van der Waals surface area contributed by atoms with Gasteiger partial charge >= 0.3 is 12.2 Å². The Balaban J connectivity index is 1.34. The third-order valence-electron chi connectivity index (χ3n) is 9.26. The van der Waals surface area contributed by atoms with Gasteiger partial charge in [-0.1, -0.05) is 55.7 Å². The van der Waals surface area contributed by atoms with Crippen LogP contribution in [0.4, 0.5) is 14.0 Å². The van der Waals surface area contributed by atoms with Crippen molar-refractivity contribution < 1.29 is 46.3 Å². The van der Waals surface area contributed by atoms with Crippen LogP contribution in [0.1, 0.15) is 77.3 Å². The van der Waals surface area contributed by atoms with Gasteiger partial charge in [0.05, 0.1) is 18.1 Å². The second kappa shape index (κ2) is 16.7. The van der Waals surface area contributed by atoms with E-state index in [1.807, 2.05) is 6.08 Å². The summed E-state index contributed by atoms with van der Waals surface area (Å²) in [6.07, 6.45) is 4.58. The van der Waals surface area contributed by atoms with Crippen LogP contribution in [0.5, 0.6) is 0 Å². The number of carbonyl (C=O) groups excluding carboxylic acids is 5. The van der Waals surface area contributed by atoms with E-state index < -0.39 is 81.5 Å². The highest BCUT2D eigenvalue weighted by atomic mass is 35.5. The van der Waals surface area contributed by atoms with Crippen molar-refractivity contribution in [3.05, 3.63) is 63.8 Å². The molecule has 18 heteroatoms. The van der Waals surface area contributed by atoms with Gasteiger partial charge in [-0.3, -0.25) is 19.3 Å². The van der Waals surface area contributed by atoms with Gasteiger partial charge in [-0.25, -0.2) is 27.1 Å². The van der Waals surface area contributed by atoms with Crippen LogP contribution in [-0.2, 0) is 47.0 Å². The number of sulfonamides is 1. The number of carbonyl (C=O) groups is 5. The largest absolute Gasteiger partial charge is 0.444 e. The Kier molecular flexibility index (Phi) is 12.6. The first-order chi connectivity index (χ1) is 25.4. The van der Waals surface area contributed by atoms with Crippen LogP contribution in [0.15, 0.2) is 46.0 Å². The molecular formula is C36H45ClFN5O9S2. The molecule has 0 bridgehead atoms. The lowest BCUT2D eigenvalue weighted by Gasteiger charge is -2.27. The molecule has 1 aromatic heterocycles. The number of fused-ring (bicyclic) bond motifs is 1. The third-order valence-corrected chi connectivity index (χ3v) is 12.4. The number of hydrogen-bond donors (Lipinski definition) is 3. The lowest BCUT2D eigenvalue weighted by atomic mass is 10.1.